The van der Waals surface area contributed by atoms with Gasteiger partial charge in [0.15, 0.2) is 0 Å². The lowest BCUT2D eigenvalue weighted by atomic mass is 10.1. The molecule has 0 aliphatic carbocycles. The van der Waals surface area contributed by atoms with Gasteiger partial charge in [-0.15, -0.1) is 0 Å². The number of amides is 2. The zero-order chi connectivity index (χ0) is 15.4. The van der Waals surface area contributed by atoms with Crippen molar-refractivity contribution in [2.45, 2.75) is 0 Å². The molecule has 0 aliphatic heterocycles. The molecule has 2 rings (SSSR count). The molecule has 0 unspecified atom stereocenters. The van der Waals surface area contributed by atoms with E-state index in [4.69, 9.17) is 11.6 Å². The van der Waals surface area contributed by atoms with Crippen molar-refractivity contribution in [3.63, 3.8) is 0 Å². The molecule has 1 aromatic heterocycles. The third kappa shape index (κ3) is 3.58. The maximum Gasteiger partial charge on any atom is 0.257 e. The van der Waals surface area contributed by atoms with Crippen LogP contribution in [-0.2, 0) is 0 Å². The molecule has 2 aromatic rings. The van der Waals surface area contributed by atoms with Crippen LogP contribution in [0.1, 0.15) is 20.7 Å². The van der Waals surface area contributed by atoms with Gasteiger partial charge in [-0.05, 0) is 24.3 Å². The molecule has 0 atom stereocenters. The first kappa shape index (κ1) is 15.0. The fourth-order valence-corrected chi connectivity index (χ4v) is 1.84. The normalized spacial score (nSPS) is 10.0. The second kappa shape index (κ2) is 6.37. The SMILES string of the molecule is CN(C)C(=O)c1ccccc1NC(=O)c1ccc(Cl)nc1. The highest BCUT2D eigenvalue weighted by atomic mass is 35.5. The highest BCUT2D eigenvalue weighted by Crippen LogP contribution is 2.17. The van der Waals surface area contributed by atoms with E-state index >= 15 is 0 Å². The number of rotatable bonds is 3. The third-order valence-electron chi connectivity index (χ3n) is 2.80. The minimum absolute atomic E-state index is 0.180. The first-order chi connectivity index (χ1) is 9.99. The lowest BCUT2D eigenvalue weighted by Gasteiger charge is -2.14. The standard InChI is InChI=1S/C15H14ClN3O2/c1-19(2)15(21)11-5-3-4-6-12(11)18-14(20)10-7-8-13(16)17-9-10/h3-9H,1-2H3,(H,18,20). The first-order valence-corrected chi connectivity index (χ1v) is 6.60. The molecule has 0 spiro atoms. The highest BCUT2D eigenvalue weighted by Gasteiger charge is 2.15. The van der Waals surface area contributed by atoms with Crippen LogP contribution in [-0.4, -0.2) is 35.8 Å². The lowest BCUT2D eigenvalue weighted by molar-refractivity contribution is 0.0828. The van der Waals surface area contributed by atoms with Crippen LogP contribution in [0.4, 0.5) is 5.69 Å². The molecule has 0 aliphatic rings. The van der Waals surface area contributed by atoms with Crippen LogP contribution >= 0.6 is 11.6 Å². The van der Waals surface area contributed by atoms with Crippen molar-refractivity contribution >= 4 is 29.1 Å². The summed E-state index contributed by atoms with van der Waals surface area (Å²) in [6.07, 6.45) is 1.38. The predicted molar refractivity (Wildman–Crippen MR) is 81.7 cm³/mol. The third-order valence-corrected chi connectivity index (χ3v) is 3.03. The number of nitrogens with zero attached hydrogens (tertiary/aromatic N) is 2. The summed E-state index contributed by atoms with van der Waals surface area (Å²) < 4.78 is 0. The molecule has 1 heterocycles. The summed E-state index contributed by atoms with van der Waals surface area (Å²) in [5.74, 6) is -0.529. The Morgan fingerprint density at radius 3 is 2.48 bits per heavy atom. The van der Waals surface area contributed by atoms with Gasteiger partial charge in [0.05, 0.1) is 16.8 Å². The van der Waals surface area contributed by atoms with Crippen molar-refractivity contribution in [2.24, 2.45) is 0 Å². The fraction of sp³-hybridized carbons (Fsp3) is 0.133. The maximum absolute atomic E-state index is 12.2. The zero-order valence-electron chi connectivity index (χ0n) is 11.6. The molecular formula is C15H14ClN3O2. The summed E-state index contributed by atoms with van der Waals surface area (Å²) in [6, 6.07) is 9.95. The second-order valence-electron chi connectivity index (χ2n) is 4.57. The number of pyridine rings is 1. The Morgan fingerprint density at radius 2 is 1.86 bits per heavy atom. The lowest BCUT2D eigenvalue weighted by Crippen LogP contribution is -2.24. The van der Waals surface area contributed by atoms with E-state index in [1.54, 1.807) is 44.4 Å². The number of halogens is 1. The van der Waals surface area contributed by atoms with Gasteiger partial charge in [-0.3, -0.25) is 9.59 Å². The molecule has 1 aromatic carbocycles. The van der Waals surface area contributed by atoms with Crippen molar-refractivity contribution in [3.8, 4) is 0 Å². The second-order valence-corrected chi connectivity index (χ2v) is 4.96. The van der Waals surface area contributed by atoms with Crippen LogP contribution in [0.5, 0.6) is 0 Å². The van der Waals surface area contributed by atoms with Crippen LogP contribution in [0.2, 0.25) is 5.15 Å². The smallest absolute Gasteiger partial charge is 0.257 e. The Bertz CT molecular complexity index is 669. The number of benzene rings is 1. The van der Waals surface area contributed by atoms with Crippen molar-refractivity contribution in [1.82, 2.24) is 9.88 Å². The van der Waals surface area contributed by atoms with Crippen molar-refractivity contribution < 1.29 is 9.59 Å². The molecule has 0 saturated heterocycles. The predicted octanol–water partition coefficient (Wildman–Crippen LogP) is 2.69. The Hall–Kier alpha value is -2.40. The maximum atomic E-state index is 12.2. The summed E-state index contributed by atoms with van der Waals surface area (Å²) in [6.45, 7) is 0. The molecule has 108 valence electrons. The monoisotopic (exact) mass is 303 g/mol. The quantitative estimate of drug-likeness (QED) is 0.887. The van der Waals surface area contributed by atoms with E-state index in [1.807, 2.05) is 0 Å². The molecular weight excluding hydrogens is 290 g/mol. The number of aromatic nitrogens is 1. The van der Waals surface area contributed by atoms with E-state index < -0.39 is 0 Å². The summed E-state index contributed by atoms with van der Waals surface area (Å²) in [5, 5.41) is 3.03. The van der Waals surface area contributed by atoms with Gasteiger partial charge in [-0.1, -0.05) is 23.7 Å². The van der Waals surface area contributed by atoms with Crippen LogP contribution in [0.25, 0.3) is 0 Å². The molecule has 1 N–H and O–H groups in total. The van der Waals surface area contributed by atoms with Gasteiger partial charge in [0.1, 0.15) is 5.15 Å². The van der Waals surface area contributed by atoms with Crippen LogP contribution in [0, 0.1) is 0 Å². The molecule has 2 amide bonds. The van der Waals surface area contributed by atoms with E-state index in [-0.39, 0.29) is 11.8 Å². The van der Waals surface area contributed by atoms with Gasteiger partial charge in [-0.25, -0.2) is 4.98 Å². The van der Waals surface area contributed by atoms with E-state index in [2.05, 4.69) is 10.3 Å². The van der Waals surface area contributed by atoms with Crippen molar-refractivity contribution in [3.05, 3.63) is 58.9 Å². The van der Waals surface area contributed by atoms with Crippen molar-refractivity contribution in [1.29, 1.82) is 0 Å². The zero-order valence-corrected chi connectivity index (χ0v) is 12.4. The molecule has 6 heteroatoms. The summed E-state index contributed by atoms with van der Waals surface area (Å²) in [5.41, 5.74) is 1.25. The Kier molecular flexibility index (Phi) is 4.55. The largest absolute Gasteiger partial charge is 0.345 e. The summed E-state index contributed by atoms with van der Waals surface area (Å²) in [7, 11) is 3.31. The average Bonchev–Trinajstić information content (AvgIpc) is 2.47. The number of hydrogen-bond acceptors (Lipinski definition) is 3. The average molecular weight is 304 g/mol. The first-order valence-electron chi connectivity index (χ1n) is 6.22. The van der Waals surface area contributed by atoms with Crippen LogP contribution in [0.15, 0.2) is 42.6 Å². The van der Waals surface area contributed by atoms with E-state index in [0.29, 0.717) is 22.0 Å². The van der Waals surface area contributed by atoms with Crippen LogP contribution < -0.4 is 5.32 Å². The van der Waals surface area contributed by atoms with Gasteiger partial charge < -0.3 is 10.2 Å². The van der Waals surface area contributed by atoms with Crippen LogP contribution in [0.3, 0.4) is 0 Å². The number of nitrogens with one attached hydrogen (secondary N) is 1. The molecule has 21 heavy (non-hydrogen) atoms. The minimum atomic E-state index is -0.349. The van der Waals surface area contributed by atoms with Gasteiger partial charge in [0.2, 0.25) is 0 Å². The topological polar surface area (TPSA) is 62.3 Å². The summed E-state index contributed by atoms with van der Waals surface area (Å²) >= 11 is 5.69. The molecule has 0 saturated carbocycles. The van der Waals surface area contributed by atoms with E-state index in [1.165, 1.54) is 17.2 Å². The number of carbonyl (C=O) groups is 2. The van der Waals surface area contributed by atoms with Crippen molar-refractivity contribution in [2.75, 3.05) is 19.4 Å². The number of para-hydroxylation sites is 1. The van der Waals surface area contributed by atoms with E-state index in [9.17, 15) is 9.59 Å². The highest BCUT2D eigenvalue weighted by molar-refractivity contribution is 6.29. The molecule has 5 nitrogen and oxygen atoms in total. The van der Waals surface area contributed by atoms with Gasteiger partial charge >= 0.3 is 0 Å². The fourth-order valence-electron chi connectivity index (χ4n) is 1.72. The van der Waals surface area contributed by atoms with Gasteiger partial charge in [0.25, 0.3) is 11.8 Å². The Morgan fingerprint density at radius 1 is 1.14 bits per heavy atom. The molecule has 0 radical (unpaired) electrons. The molecule has 0 fully saturated rings. The Balaban J connectivity index is 2.25. The number of carbonyl (C=O) groups excluding carboxylic acids is 2. The van der Waals surface area contributed by atoms with Gasteiger partial charge in [0, 0.05) is 20.3 Å². The number of hydrogen-bond donors (Lipinski definition) is 1. The van der Waals surface area contributed by atoms with E-state index in [0.717, 1.165) is 0 Å². The number of anilines is 1. The molecule has 0 bridgehead atoms. The summed E-state index contributed by atoms with van der Waals surface area (Å²) in [4.78, 5) is 29.5. The van der Waals surface area contributed by atoms with Gasteiger partial charge in [-0.2, -0.15) is 0 Å². The Labute approximate surface area is 127 Å². The minimum Gasteiger partial charge on any atom is -0.345 e.